The monoisotopic (exact) mass is 434 g/mol. The van der Waals surface area contributed by atoms with Crippen LogP contribution in [-0.2, 0) is 14.4 Å². The molecule has 4 nitrogen and oxygen atoms in total. The summed E-state index contributed by atoms with van der Waals surface area (Å²) in [7, 11) is 0. The number of allylic oxidation sites excluding steroid dienone is 2. The minimum absolute atomic E-state index is 0.0755. The first kappa shape index (κ1) is 20.6. The molecule has 0 unspecified atom stereocenters. The Morgan fingerprint density at radius 3 is 2.07 bits per heavy atom. The van der Waals surface area contributed by atoms with Gasteiger partial charge in [0.1, 0.15) is 23.1 Å². The van der Waals surface area contributed by atoms with Crippen molar-refractivity contribution < 1.29 is 19.1 Å². The summed E-state index contributed by atoms with van der Waals surface area (Å²) in [6.07, 6.45) is 1.48. The van der Waals surface area contributed by atoms with Gasteiger partial charge in [-0.2, -0.15) is 0 Å². The average molecular weight is 435 g/mol. The fourth-order valence-corrected chi connectivity index (χ4v) is 5.58. The topological polar surface area (TPSA) is 60.4 Å². The summed E-state index contributed by atoms with van der Waals surface area (Å²) in [5.74, 6) is -1.02. The summed E-state index contributed by atoms with van der Waals surface area (Å²) >= 11 is 12.7. The molecular weight excluding hydrogens is 411 g/mol. The fraction of sp³-hybridized carbons (Fsp3) is 0.522. The minimum Gasteiger partial charge on any atom is -0.459 e. The van der Waals surface area contributed by atoms with Gasteiger partial charge in [-0.15, -0.1) is 0 Å². The van der Waals surface area contributed by atoms with Crippen LogP contribution >= 0.6 is 23.2 Å². The van der Waals surface area contributed by atoms with E-state index < -0.39 is 11.8 Å². The van der Waals surface area contributed by atoms with Crippen LogP contribution in [-0.4, -0.2) is 17.3 Å². The number of benzene rings is 1. The van der Waals surface area contributed by atoms with Gasteiger partial charge in [-0.3, -0.25) is 14.4 Å². The molecule has 0 amide bonds. The van der Waals surface area contributed by atoms with Crippen LogP contribution in [0.4, 0.5) is 0 Å². The van der Waals surface area contributed by atoms with Crippen molar-refractivity contribution >= 4 is 40.6 Å². The lowest BCUT2D eigenvalue weighted by molar-refractivity contribution is -0.140. The first-order valence-electron chi connectivity index (χ1n) is 9.87. The van der Waals surface area contributed by atoms with Gasteiger partial charge in [-0.05, 0) is 23.0 Å². The molecule has 6 heteroatoms. The zero-order valence-corrected chi connectivity index (χ0v) is 18.5. The molecule has 29 heavy (non-hydrogen) atoms. The summed E-state index contributed by atoms with van der Waals surface area (Å²) in [5.41, 5.74) is 0.363. The van der Waals surface area contributed by atoms with Crippen molar-refractivity contribution in [3.05, 3.63) is 39.1 Å². The zero-order valence-electron chi connectivity index (χ0n) is 17.0. The largest absolute Gasteiger partial charge is 0.459 e. The molecule has 0 bridgehead atoms. The zero-order chi connectivity index (χ0) is 21.3. The molecule has 1 aromatic carbocycles. The summed E-state index contributed by atoms with van der Waals surface area (Å²) < 4.78 is 6.11. The van der Waals surface area contributed by atoms with Crippen molar-refractivity contribution in [3.63, 3.8) is 0 Å². The molecule has 2 aliphatic carbocycles. The Kier molecular flexibility index (Phi) is 4.75. The van der Waals surface area contributed by atoms with Crippen molar-refractivity contribution in [3.8, 4) is 5.75 Å². The molecule has 4 rings (SSSR count). The Labute approximate surface area is 180 Å². The first-order chi connectivity index (χ1) is 13.4. The molecule has 154 valence electrons. The molecule has 0 radical (unpaired) electrons. The Hall–Kier alpha value is -1.65. The molecule has 1 aromatic rings. The van der Waals surface area contributed by atoms with E-state index in [-0.39, 0.29) is 28.2 Å². The van der Waals surface area contributed by atoms with Crippen LogP contribution < -0.4 is 4.74 Å². The maximum Gasteiger partial charge on any atom is 0.163 e. The highest BCUT2D eigenvalue weighted by Crippen LogP contribution is 2.54. The van der Waals surface area contributed by atoms with E-state index in [2.05, 4.69) is 0 Å². The Morgan fingerprint density at radius 1 is 0.862 bits per heavy atom. The van der Waals surface area contributed by atoms with Crippen LogP contribution in [0, 0.1) is 16.7 Å². The van der Waals surface area contributed by atoms with Gasteiger partial charge in [0.05, 0.1) is 10.9 Å². The van der Waals surface area contributed by atoms with Crippen molar-refractivity contribution in [2.75, 3.05) is 0 Å². The van der Waals surface area contributed by atoms with Crippen LogP contribution in [0.3, 0.4) is 0 Å². The maximum atomic E-state index is 13.2. The predicted octanol–water partition coefficient (Wildman–Crippen LogP) is 5.69. The van der Waals surface area contributed by atoms with E-state index >= 15 is 0 Å². The third-order valence-electron chi connectivity index (χ3n) is 6.12. The van der Waals surface area contributed by atoms with Gasteiger partial charge < -0.3 is 4.74 Å². The summed E-state index contributed by atoms with van der Waals surface area (Å²) in [6, 6.07) is 3.25. The van der Waals surface area contributed by atoms with Crippen molar-refractivity contribution in [2.45, 2.75) is 59.3 Å². The second-order valence-corrected chi connectivity index (χ2v) is 10.9. The molecule has 1 aliphatic heterocycles. The summed E-state index contributed by atoms with van der Waals surface area (Å²) in [5, 5.41) is 0.696. The van der Waals surface area contributed by atoms with Crippen molar-refractivity contribution in [1.29, 1.82) is 0 Å². The van der Waals surface area contributed by atoms with E-state index in [1.807, 2.05) is 27.7 Å². The maximum absolute atomic E-state index is 13.2. The Morgan fingerprint density at radius 2 is 1.45 bits per heavy atom. The highest BCUT2D eigenvalue weighted by molar-refractivity contribution is 6.35. The van der Waals surface area contributed by atoms with E-state index in [4.69, 9.17) is 27.9 Å². The Bertz CT molecular complexity index is 967. The minimum atomic E-state index is -0.907. The van der Waals surface area contributed by atoms with Gasteiger partial charge in [0.25, 0.3) is 0 Å². The van der Waals surface area contributed by atoms with E-state index in [0.29, 0.717) is 58.4 Å². The van der Waals surface area contributed by atoms with Gasteiger partial charge >= 0.3 is 0 Å². The number of fused-ring (bicyclic) bond motifs is 1. The predicted molar refractivity (Wildman–Crippen MR) is 111 cm³/mol. The second kappa shape index (κ2) is 6.68. The molecule has 3 aliphatic rings. The number of carbonyl (C=O) groups excluding carboxylic acids is 3. The number of hydrogen-bond donors (Lipinski definition) is 0. The van der Waals surface area contributed by atoms with Gasteiger partial charge in [0.15, 0.2) is 5.78 Å². The van der Waals surface area contributed by atoms with Gasteiger partial charge in [0.2, 0.25) is 0 Å². The average Bonchev–Trinajstić information content (AvgIpc) is 2.52. The molecule has 1 atom stereocenters. The number of ketones is 3. The summed E-state index contributed by atoms with van der Waals surface area (Å²) in [4.78, 5) is 39.5. The lowest BCUT2D eigenvalue weighted by atomic mass is 9.62. The van der Waals surface area contributed by atoms with Gasteiger partial charge in [0, 0.05) is 47.8 Å². The number of rotatable bonds is 1. The number of halogens is 2. The van der Waals surface area contributed by atoms with Crippen molar-refractivity contribution in [2.24, 2.45) is 16.7 Å². The Balaban J connectivity index is 1.92. The second-order valence-electron chi connectivity index (χ2n) is 10.1. The molecule has 1 heterocycles. The summed E-state index contributed by atoms with van der Waals surface area (Å²) in [6.45, 7) is 7.85. The SMILES string of the molecule is CC1(C)CC(=O)C([C@@H]2C3=C(CC(C)(C)CC3=O)Oc3c(Cl)cc(Cl)cc32)C(=O)C1. The fourth-order valence-electron chi connectivity index (χ4n) is 5.04. The quantitative estimate of drug-likeness (QED) is 0.532. The van der Waals surface area contributed by atoms with E-state index in [1.165, 1.54) is 0 Å². The smallest absolute Gasteiger partial charge is 0.163 e. The first-order valence-corrected chi connectivity index (χ1v) is 10.6. The molecule has 0 aromatic heterocycles. The molecule has 1 fully saturated rings. The van der Waals surface area contributed by atoms with Crippen LogP contribution in [0.25, 0.3) is 0 Å². The number of ether oxygens (including phenoxy) is 1. The number of hydrogen-bond acceptors (Lipinski definition) is 4. The lowest BCUT2D eigenvalue weighted by Crippen LogP contribution is -2.44. The molecule has 0 spiro atoms. The highest BCUT2D eigenvalue weighted by atomic mass is 35.5. The third-order valence-corrected chi connectivity index (χ3v) is 6.62. The standard InChI is InChI=1S/C23H24Cl2O4/c1-22(2)7-14(26)19(15(27)8-22)18-12-5-11(24)6-13(25)21(12)29-17-10-23(3,4)9-16(28)20(17)18/h5-6,18-19H,7-10H2,1-4H3/t18-/m1/s1. The van der Waals surface area contributed by atoms with Crippen molar-refractivity contribution in [1.82, 2.24) is 0 Å². The van der Waals surface area contributed by atoms with Crippen LogP contribution in [0.15, 0.2) is 23.5 Å². The number of Topliss-reactive ketones (excluding diaryl/α,β-unsaturated/α-hetero) is 3. The van der Waals surface area contributed by atoms with Crippen LogP contribution in [0.1, 0.15) is 64.9 Å². The van der Waals surface area contributed by atoms with E-state index in [0.717, 1.165) is 0 Å². The van der Waals surface area contributed by atoms with Crippen LogP contribution in [0.2, 0.25) is 10.0 Å². The molecular formula is C23H24Cl2O4. The van der Waals surface area contributed by atoms with E-state index in [9.17, 15) is 14.4 Å². The van der Waals surface area contributed by atoms with E-state index in [1.54, 1.807) is 12.1 Å². The lowest BCUT2D eigenvalue weighted by Gasteiger charge is -2.42. The number of carbonyl (C=O) groups is 3. The normalized spacial score (nSPS) is 26.1. The molecule has 1 saturated carbocycles. The third kappa shape index (κ3) is 3.55. The molecule has 0 saturated heterocycles. The van der Waals surface area contributed by atoms with Gasteiger partial charge in [-0.1, -0.05) is 50.9 Å². The van der Waals surface area contributed by atoms with Crippen LogP contribution in [0.5, 0.6) is 5.75 Å². The van der Waals surface area contributed by atoms with Gasteiger partial charge in [-0.25, -0.2) is 0 Å². The highest BCUT2D eigenvalue weighted by Gasteiger charge is 2.51. The molecule has 0 N–H and O–H groups in total.